The summed E-state index contributed by atoms with van der Waals surface area (Å²) >= 11 is 5.76. The zero-order valence-corrected chi connectivity index (χ0v) is 9.46. The van der Waals surface area contributed by atoms with Gasteiger partial charge < -0.3 is 10.5 Å². The molecule has 1 aromatic carbocycles. The molecule has 82 valence electrons. The zero-order chi connectivity index (χ0) is 11.3. The fourth-order valence-corrected chi connectivity index (χ4v) is 1.40. The highest BCUT2D eigenvalue weighted by molar-refractivity contribution is 6.30. The van der Waals surface area contributed by atoms with Crippen molar-refractivity contribution in [2.24, 2.45) is 0 Å². The van der Waals surface area contributed by atoms with Crippen LogP contribution in [0.2, 0.25) is 5.02 Å². The molecule has 0 aliphatic heterocycles. The predicted octanol–water partition coefficient (Wildman–Crippen LogP) is 1.58. The highest BCUT2D eigenvalue weighted by atomic mass is 35.5. The van der Waals surface area contributed by atoms with Gasteiger partial charge in [0, 0.05) is 10.6 Å². The molecule has 0 spiro atoms. The van der Waals surface area contributed by atoms with E-state index in [1.54, 1.807) is 19.1 Å². The molecule has 3 nitrogen and oxygen atoms in total. The van der Waals surface area contributed by atoms with Crippen molar-refractivity contribution in [3.63, 3.8) is 0 Å². The van der Waals surface area contributed by atoms with Gasteiger partial charge in [0.2, 0.25) is 0 Å². The van der Waals surface area contributed by atoms with Gasteiger partial charge in [-0.3, -0.25) is 4.79 Å². The Bertz CT molecular complexity index is 324. The monoisotopic (exact) mass is 228 g/mol. The average Bonchev–Trinajstić information content (AvgIpc) is 2.18. The summed E-state index contributed by atoms with van der Waals surface area (Å²) < 4.78 is 4.85. The maximum atomic E-state index is 11.2. The molecule has 0 radical (unpaired) electrons. The highest BCUT2D eigenvalue weighted by Gasteiger charge is 2.15. The maximum absolute atomic E-state index is 11.2. The molecule has 0 aliphatic carbocycles. The van der Waals surface area contributed by atoms with Gasteiger partial charge in [0.15, 0.2) is 0 Å². The van der Waals surface area contributed by atoms with Crippen LogP contribution in [0.4, 0.5) is 0 Å². The number of hydrogen-bond donors (Lipinski definition) is 1. The summed E-state index contributed by atoms with van der Waals surface area (Å²) in [5, 5.41) is 0.682. The lowest BCUT2D eigenvalue weighted by atomic mass is 10.1. The van der Waals surface area contributed by atoms with Gasteiger partial charge in [-0.15, -0.1) is 0 Å². The van der Waals surface area contributed by atoms with Gasteiger partial charge in [-0.2, -0.15) is 0 Å². The number of rotatable bonds is 4. The minimum Gasteiger partial charge on any atom is -0.466 e. The van der Waals surface area contributed by atoms with Crippen LogP contribution < -0.4 is 5.73 Å². The second-order valence-electron chi connectivity index (χ2n) is 3.26. The summed E-state index contributed by atoms with van der Waals surface area (Å²) in [6, 6.07) is 7.25. The molecule has 0 fully saturated rings. The van der Waals surface area contributed by atoms with Gasteiger partial charge in [0.1, 0.15) is 12.5 Å². The molecule has 0 bridgehead atoms. The highest BCUT2D eigenvalue weighted by Crippen LogP contribution is 2.16. The van der Waals surface area contributed by atoms with E-state index in [9.17, 15) is 4.79 Å². The first-order valence-electron chi connectivity index (χ1n) is 4.87. The molecular formula is C11H15ClNO2+. The summed E-state index contributed by atoms with van der Waals surface area (Å²) in [5.74, 6) is -0.215. The Morgan fingerprint density at radius 3 is 2.60 bits per heavy atom. The van der Waals surface area contributed by atoms with Crippen LogP contribution in [-0.2, 0) is 9.53 Å². The molecule has 0 saturated carbocycles. The molecular weight excluding hydrogens is 214 g/mol. The van der Waals surface area contributed by atoms with Crippen LogP contribution >= 0.6 is 11.6 Å². The normalized spacial score (nSPS) is 12.2. The summed E-state index contributed by atoms with van der Waals surface area (Å²) in [5.41, 5.74) is 4.91. The molecule has 1 aromatic rings. The first-order valence-corrected chi connectivity index (χ1v) is 5.25. The first kappa shape index (κ1) is 12.0. The molecule has 0 unspecified atom stereocenters. The lowest BCUT2D eigenvalue weighted by molar-refractivity contribution is -0.425. The van der Waals surface area contributed by atoms with Gasteiger partial charge in [-0.1, -0.05) is 23.7 Å². The van der Waals surface area contributed by atoms with Crippen molar-refractivity contribution in [2.75, 3.05) is 6.61 Å². The summed E-state index contributed by atoms with van der Waals surface area (Å²) in [7, 11) is 0. The third-order valence-corrected chi connectivity index (χ3v) is 2.31. The number of quaternary nitrogens is 1. The lowest BCUT2D eigenvalue weighted by Gasteiger charge is -2.08. The SMILES string of the molecule is CCOC(=O)C[C@@H]([NH3+])c1ccc(Cl)cc1. The minimum atomic E-state index is -0.215. The van der Waals surface area contributed by atoms with Crippen molar-refractivity contribution in [1.29, 1.82) is 0 Å². The Balaban J connectivity index is 2.57. The lowest BCUT2D eigenvalue weighted by Crippen LogP contribution is -2.54. The molecule has 4 heteroatoms. The largest absolute Gasteiger partial charge is 0.466 e. The average molecular weight is 229 g/mol. The third-order valence-electron chi connectivity index (χ3n) is 2.06. The minimum absolute atomic E-state index is 0.0821. The van der Waals surface area contributed by atoms with Gasteiger partial charge in [0.25, 0.3) is 0 Å². The summed E-state index contributed by atoms with van der Waals surface area (Å²) in [6.07, 6.45) is 0.301. The van der Waals surface area contributed by atoms with E-state index < -0.39 is 0 Å². The predicted molar refractivity (Wildman–Crippen MR) is 58.3 cm³/mol. The van der Waals surface area contributed by atoms with E-state index in [4.69, 9.17) is 16.3 Å². The molecule has 1 rings (SSSR count). The van der Waals surface area contributed by atoms with E-state index in [0.29, 0.717) is 18.1 Å². The summed E-state index contributed by atoms with van der Waals surface area (Å²) in [4.78, 5) is 11.2. The number of halogens is 1. The molecule has 0 saturated heterocycles. The van der Waals surface area contributed by atoms with Crippen LogP contribution in [-0.4, -0.2) is 12.6 Å². The first-order chi connectivity index (χ1) is 7.13. The quantitative estimate of drug-likeness (QED) is 0.796. The van der Waals surface area contributed by atoms with Crippen molar-refractivity contribution >= 4 is 17.6 Å². The van der Waals surface area contributed by atoms with Crippen molar-refractivity contribution in [2.45, 2.75) is 19.4 Å². The van der Waals surface area contributed by atoms with E-state index >= 15 is 0 Å². The van der Waals surface area contributed by atoms with E-state index in [1.165, 1.54) is 0 Å². The molecule has 0 amide bonds. The third kappa shape index (κ3) is 3.90. The topological polar surface area (TPSA) is 53.9 Å². The molecule has 0 heterocycles. The van der Waals surface area contributed by atoms with Crippen molar-refractivity contribution < 1.29 is 15.3 Å². The standard InChI is InChI=1S/C11H14ClNO2/c1-2-15-11(14)7-10(13)8-3-5-9(12)6-4-8/h3-6,10H,2,7,13H2,1H3/p+1/t10-/m1/s1. The number of esters is 1. The van der Waals surface area contributed by atoms with E-state index in [1.807, 2.05) is 12.1 Å². The second kappa shape index (κ2) is 5.73. The van der Waals surface area contributed by atoms with E-state index in [0.717, 1.165) is 5.56 Å². The fraction of sp³-hybridized carbons (Fsp3) is 0.364. The Labute approximate surface area is 94.2 Å². The van der Waals surface area contributed by atoms with Crippen molar-refractivity contribution in [1.82, 2.24) is 0 Å². The smallest absolute Gasteiger partial charge is 0.312 e. The second-order valence-corrected chi connectivity index (χ2v) is 3.69. The number of carbonyl (C=O) groups excluding carboxylic acids is 1. The maximum Gasteiger partial charge on any atom is 0.312 e. The van der Waals surface area contributed by atoms with E-state index in [-0.39, 0.29) is 12.0 Å². The Morgan fingerprint density at radius 1 is 1.47 bits per heavy atom. The Hall–Kier alpha value is -1.06. The Morgan fingerprint density at radius 2 is 2.07 bits per heavy atom. The fourth-order valence-electron chi connectivity index (χ4n) is 1.27. The molecule has 15 heavy (non-hydrogen) atoms. The number of benzene rings is 1. The van der Waals surface area contributed by atoms with E-state index in [2.05, 4.69) is 5.73 Å². The Kier molecular flexibility index (Phi) is 4.59. The summed E-state index contributed by atoms with van der Waals surface area (Å²) in [6.45, 7) is 2.20. The van der Waals surface area contributed by atoms with Crippen LogP contribution in [0.15, 0.2) is 24.3 Å². The number of ether oxygens (including phenoxy) is 1. The van der Waals surface area contributed by atoms with Crippen LogP contribution in [0.3, 0.4) is 0 Å². The van der Waals surface area contributed by atoms with Gasteiger partial charge in [-0.25, -0.2) is 0 Å². The zero-order valence-electron chi connectivity index (χ0n) is 8.70. The van der Waals surface area contributed by atoms with Crippen LogP contribution in [0.25, 0.3) is 0 Å². The molecule has 0 aromatic heterocycles. The van der Waals surface area contributed by atoms with Gasteiger partial charge in [0.05, 0.1) is 6.61 Å². The van der Waals surface area contributed by atoms with Crippen LogP contribution in [0, 0.1) is 0 Å². The van der Waals surface area contributed by atoms with Gasteiger partial charge in [-0.05, 0) is 19.1 Å². The molecule has 1 atom stereocenters. The molecule has 0 aliphatic rings. The van der Waals surface area contributed by atoms with Crippen molar-refractivity contribution in [3.05, 3.63) is 34.9 Å². The van der Waals surface area contributed by atoms with Crippen molar-refractivity contribution in [3.8, 4) is 0 Å². The number of hydrogen-bond acceptors (Lipinski definition) is 2. The molecule has 3 N–H and O–H groups in total. The van der Waals surface area contributed by atoms with Crippen LogP contribution in [0.5, 0.6) is 0 Å². The van der Waals surface area contributed by atoms with Crippen LogP contribution in [0.1, 0.15) is 24.9 Å². The number of carbonyl (C=O) groups is 1. The van der Waals surface area contributed by atoms with Gasteiger partial charge >= 0.3 is 5.97 Å².